The van der Waals surface area contributed by atoms with E-state index in [1.54, 1.807) is 0 Å². The number of hydrogen-bond acceptors (Lipinski definition) is 2. The molecule has 0 aromatic heterocycles. The van der Waals surface area contributed by atoms with Gasteiger partial charge in [0.05, 0.1) is 6.04 Å². The second-order valence-corrected chi connectivity index (χ2v) is 5.00. The van der Waals surface area contributed by atoms with E-state index < -0.39 is 11.7 Å². The van der Waals surface area contributed by atoms with Gasteiger partial charge >= 0.3 is 6.09 Å². The summed E-state index contributed by atoms with van der Waals surface area (Å²) in [6.07, 6.45) is 5.62. The van der Waals surface area contributed by atoms with Gasteiger partial charge in [-0.25, -0.2) is 4.79 Å². The Hall–Kier alpha value is -1.17. The summed E-state index contributed by atoms with van der Waals surface area (Å²) >= 11 is 0. The monoisotopic (exact) mass is 211 g/mol. The van der Waals surface area contributed by atoms with Crippen molar-refractivity contribution in [2.75, 3.05) is 0 Å². The SMILES string of the molecule is C#C[C@@H](CC(C)C)NC(=O)OC(C)(C)C. The highest BCUT2D eigenvalue weighted by atomic mass is 16.6. The second-order valence-electron chi connectivity index (χ2n) is 5.00. The summed E-state index contributed by atoms with van der Waals surface area (Å²) in [5, 5.41) is 2.66. The molecule has 0 aliphatic carbocycles. The fraction of sp³-hybridized carbons (Fsp3) is 0.750. The fourth-order valence-corrected chi connectivity index (χ4v) is 1.09. The third-order valence-electron chi connectivity index (χ3n) is 1.60. The number of terminal acetylenes is 1. The number of carbonyl (C=O) groups is 1. The summed E-state index contributed by atoms with van der Waals surface area (Å²) in [5.41, 5.74) is -0.485. The van der Waals surface area contributed by atoms with E-state index in [-0.39, 0.29) is 6.04 Å². The molecule has 0 fully saturated rings. The Kier molecular flexibility index (Phi) is 5.21. The molecule has 3 heteroatoms. The first-order chi connectivity index (χ1) is 6.74. The molecule has 1 atom stereocenters. The predicted octanol–water partition coefficient (Wildman–Crippen LogP) is 2.56. The van der Waals surface area contributed by atoms with Gasteiger partial charge in [0.1, 0.15) is 5.60 Å². The number of ether oxygens (including phenoxy) is 1. The van der Waals surface area contributed by atoms with E-state index >= 15 is 0 Å². The van der Waals surface area contributed by atoms with Crippen molar-refractivity contribution in [3.63, 3.8) is 0 Å². The highest BCUT2D eigenvalue weighted by molar-refractivity contribution is 5.68. The average molecular weight is 211 g/mol. The van der Waals surface area contributed by atoms with Crippen LogP contribution in [0.2, 0.25) is 0 Å². The molecule has 0 heterocycles. The fourth-order valence-electron chi connectivity index (χ4n) is 1.09. The zero-order chi connectivity index (χ0) is 12.1. The van der Waals surface area contributed by atoms with Crippen LogP contribution < -0.4 is 5.32 Å². The molecule has 0 aromatic rings. The van der Waals surface area contributed by atoms with Crippen LogP contribution in [0, 0.1) is 18.3 Å². The van der Waals surface area contributed by atoms with Crippen LogP contribution in [0.1, 0.15) is 41.0 Å². The molecule has 0 saturated heterocycles. The van der Waals surface area contributed by atoms with Crippen LogP contribution in [-0.4, -0.2) is 17.7 Å². The molecule has 1 amide bonds. The van der Waals surface area contributed by atoms with Crippen LogP contribution in [0.5, 0.6) is 0 Å². The highest BCUT2D eigenvalue weighted by Gasteiger charge is 2.18. The summed E-state index contributed by atoms with van der Waals surface area (Å²) < 4.78 is 5.11. The van der Waals surface area contributed by atoms with E-state index in [1.165, 1.54) is 0 Å². The summed E-state index contributed by atoms with van der Waals surface area (Å²) in [6.45, 7) is 9.57. The molecule has 0 rings (SSSR count). The van der Waals surface area contributed by atoms with Gasteiger partial charge in [-0.3, -0.25) is 0 Å². The summed E-state index contributed by atoms with van der Waals surface area (Å²) in [5.74, 6) is 2.98. The van der Waals surface area contributed by atoms with Crippen LogP contribution in [0.15, 0.2) is 0 Å². The largest absolute Gasteiger partial charge is 0.444 e. The minimum atomic E-state index is -0.485. The molecular weight excluding hydrogens is 190 g/mol. The number of hydrogen-bond donors (Lipinski definition) is 1. The Morgan fingerprint density at radius 2 is 2.00 bits per heavy atom. The van der Waals surface area contributed by atoms with Crippen molar-refractivity contribution in [1.82, 2.24) is 5.32 Å². The molecule has 0 radical (unpaired) electrons. The van der Waals surface area contributed by atoms with E-state index in [1.807, 2.05) is 20.8 Å². The van der Waals surface area contributed by atoms with Gasteiger partial charge in [0.15, 0.2) is 0 Å². The Morgan fingerprint density at radius 1 is 1.47 bits per heavy atom. The van der Waals surface area contributed by atoms with E-state index in [4.69, 9.17) is 11.2 Å². The molecule has 0 aromatic carbocycles. The van der Waals surface area contributed by atoms with E-state index in [9.17, 15) is 4.79 Å². The van der Waals surface area contributed by atoms with Crippen molar-refractivity contribution < 1.29 is 9.53 Å². The minimum absolute atomic E-state index is 0.250. The maximum absolute atomic E-state index is 11.4. The highest BCUT2D eigenvalue weighted by Crippen LogP contribution is 2.08. The lowest BCUT2D eigenvalue weighted by molar-refractivity contribution is 0.0512. The predicted molar refractivity (Wildman–Crippen MR) is 61.4 cm³/mol. The summed E-state index contributed by atoms with van der Waals surface area (Å²) in [6, 6.07) is -0.250. The van der Waals surface area contributed by atoms with Crippen molar-refractivity contribution in [1.29, 1.82) is 0 Å². The zero-order valence-corrected chi connectivity index (χ0v) is 10.3. The Labute approximate surface area is 92.6 Å². The van der Waals surface area contributed by atoms with E-state index in [0.29, 0.717) is 5.92 Å². The lowest BCUT2D eigenvalue weighted by atomic mass is 10.0. The molecule has 0 unspecified atom stereocenters. The summed E-state index contributed by atoms with van der Waals surface area (Å²) in [7, 11) is 0. The molecule has 1 N–H and O–H groups in total. The number of rotatable bonds is 3. The summed E-state index contributed by atoms with van der Waals surface area (Å²) in [4.78, 5) is 11.4. The number of carbonyl (C=O) groups excluding carboxylic acids is 1. The van der Waals surface area contributed by atoms with Crippen molar-refractivity contribution in [2.24, 2.45) is 5.92 Å². The van der Waals surface area contributed by atoms with E-state index in [0.717, 1.165) is 6.42 Å². The molecular formula is C12H21NO2. The van der Waals surface area contributed by atoms with Gasteiger partial charge in [0, 0.05) is 0 Å². The first-order valence-electron chi connectivity index (χ1n) is 5.20. The molecule has 0 aliphatic rings. The van der Waals surface area contributed by atoms with Crippen molar-refractivity contribution in [3.05, 3.63) is 0 Å². The normalized spacial score (nSPS) is 13.1. The third kappa shape index (κ3) is 7.87. The van der Waals surface area contributed by atoms with Crippen molar-refractivity contribution in [2.45, 2.75) is 52.7 Å². The quantitative estimate of drug-likeness (QED) is 0.729. The van der Waals surface area contributed by atoms with Crippen molar-refractivity contribution in [3.8, 4) is 12.3 Å². The van der Waals surface area contributed by atoms with Gasteiger partial charge < -0.3 is 10.1 Å². The number of alkyl carbamates (subject to hydrolysis) is 1. The smallest absolute Gasteiger partial charge is 0.408 e. The minimum Gasteiger partial charge on any atom is -0.444 e. The third-order valence-corrected chi connectivity index (χ3v) is 1.60. The maximum atomic E-state index is 11.4. The maximum Gasteiger partial charge on any atom is 0.408 e. The lowest BCUT2D eigenvalue weighted by Crippen LogP contribution is -2.39. The molecule has 15 heavy (non-hydrogen) atoms. The average Bonchev–Trinajstić information content (AvgIpc) is 1.98. The van der Waals surface area contributed by atoms with Gasteiger partial charge in [0.2, 0.25) is 0 Å². The Morgan fingerprint density at radius 3 is 2.33 bits per heavy atom. The first-order valence-corrected chi connectivity index (χ1v) is 5.20. The molecule has 0 spiro atoms. The van der Waals surface area contributed by atoms with Gasteiger partial charge in [-0.05, 0) is 33.1 Å². The van der Waals surface area contributed by atoms with Gasteiger partial charge in [-0.2, -0.15) is 0 Å². The molecule has 0 saturated carbocycles. The molecule has 0 bridgehead atoms. The van der Waals surface area contributed by atoms with Crippen LogP contribution in [0.25, 0.3) is 0 Å². The zero-order valence-electron chi connectivity index (χ0n) is 10.3. The van der Waals surface area contributed by atoms with Crippen LogP contribution in [0.3, 0.4) is 0 Å². The van der Waals surface area contributed by atoms with Gasteiger partial charge in [-0.15, -0.1) is 6.42 Å². The molecule has 86 valence electrons. The first kappa shape index (κ1) is 13.8. The van der Waals surface area contributed by atoms with Crippen LogP contribution in [-0.2, 0) is 4.74 Å². The van der Waals surface area contributed by atoms with Gasteiger partial charge in [-0.1, -0.05) is 19.8 Å². The van der Waals surface area contributed by atoms with Crippen LogP contribution in [0.4, 0.5) is 4.79 Å². The molecule has 3 nitrogen and oxygen atoms in total. The van der Waals surface area contributed by atoms with Gasteiger partial charge in [0.25, 0.3) is 0 Å². The Balaban J connectivity index is 4.10. The topological polar surface area (TPSA) is 38.3 Å². The Bertz CT molecular complexity index is 245. The van der Waals surface area contributed by atoms with Crippen LogP contribution >= 0.6 is 0 Å². The standard InChI is InChI=1S/C12H21NO2/c1-7-10(8-9(2)3)13-11(14)15-12(4,5)6/h1,9-10H,8H2,2-6H3,(H,13,14)/t10-/m0/s1. The molecule has 0 aliphatic heterocycles. The number of amides is 1. The second kappa shape index (κ2) is 5.65. The number of nitrogens with one attached hydrogen (secondary N) is 1. The van der Waals surface area contributed by atoms with Crippen molar-refractivity contribution >= 4 is 6.09 Å². The van der Waals surface area contributed by atoms with E-state index in [2.05, 4.69) is 25.1 Å². The lowest BCUT2D eigenvalue weighted by Gasteiger charge is -2.22.